The first kappa shape index (κ1) is 49.8. The number of esters is 1. The zero-order valence-electron chi connectivity index (χ0n) is 32.9. The summed E-state index contributed by atoms with van der Waals surface area (Å²) in [6.45, 7) is 3.25. The third-order valence-electron chi connectivity index (χ3n) is 7.72. The van der Waals surface area contributed by atoms with Crippen molar-refractivity contribution in [1.82, 2.24) is 0 Å². The normalized spacial score (nSPS) is 10.3. The number of para-hydroxylation sites is 3. The molecule has 0 atom stereocenters. The molecule has 0 radical (unpaired) electrons. The van der Waals surface area contributed by atoms with Gasteiger partial charge in [-0.25, -0.2) is 9.59 Å². The highest BCUT2D eigenvalue weighted by Crippen LogP contribution is 2.25. The maximum atomic E-state index is 11.5. The average molecular weight is 845 g/mol. The molecule has 0 fully saturated rings. The number of hydrogen-bond acceptors (Lipinski definition) is 11. The number of ether oxygens (including phenoxy) is 4. The van der Waals surface area contributed by atoms with E-state index in [1.807, 2.05) is 78.9 Å². The van der Waals surface area contributed by atoms with Crippen molar-refractivity contribution in [2.24, 2.45) is 0 Å². The zero-order valence-corrected chi connectivity index (χ0v) is 32.9. The van der Waals surface area contributed by atoms with E-state index in [4.69, 9.17) is 19.3 Å². The number of hydrogen-bond donors (Lipinski definition) is 3. The van der Waals surface area contributed by atoms with Gasteiger partial charge in [-0.05, 0) is 123 Å². The number of carbonyl (C=O) groups excluding carboxylic acids is 4. The van der Waals surface area contributed by atoms with E-state index in [0.717, 1.165) is 17.6 Å². The smallest absolute Gasteiger partial charge is 0.379 e. The molecule has 0 aromatic heterocycles. The number of carbonyl (C=O) groups is 5. The number of carboxylic acid groups (broad SMARTS) is 1. The second kappa shape index (κ2) is 25.9. The molecular weight excluding hydrogens is 800 g/mol. The van der Waals surface area contributed by atoms with Gasteiger partial charge >= 0.3 is 11.9 Å². The summed E-state index contributed by atoms with van der Waals surface area (Å²) in [6.07, 6.45) is 1.50. The van der Waals surface area contributed by atoms with E-state index in [0.29, 0.717) is 45.8 Å². The Kier molecular flexibility index (Phi) is 20.8. The number of aliphatic hydroxyl groups is 2. The number of aliphatic hydroxyl groups excluding tert-OH is 2. The molecule has 0 spiro atoms. The predicted octanol–water partition coefficient (Wildman–Crippen LogP) is 11.0. The summed E-state index contributed by atoms with van der Waals surface area (Å²) >= 11 is 0. The highest BCUT2D eigenvalue weighted by atomic mass is 19.0. The largest absolute Gasteiger partial charge is 0.507 e. The number of carboxylic acids is 1. The van der Waals surface area contributed by atoms with Crippen LogP contribution in [0.1, 0.15) is 42.8 Å². The Morgan fingerprint density at radius 3 is 1.03 bits per heavy atom. The molecule has 13 heteroatoms. The Labute approximate surface area is 357 Å². The molecule has 6 aromatic carbocycles. The standard InChI is InChI=1S/C18H16O5.C16H12O5.C14H12O2.CH4.FH/c1-2-22-18(21)17(20)12-16(19)13-8-10-15(11-9-13)23-14-6-4-3-5-7-14;17-14(10-15(18)16(19)20)11-6-8-13(9-7-11)21-12-4-2-1-3-5-12;1-11(15)12-7-9-14(10-8-12)16-13-5-3-2-4-6-13;;/h3-12,19H,2H2,1H3;1-10,17H,(H,19,20);2-10H,1H3;1H4;1H. The van der Waals surface area contributed by atoms with Crippen LogP contribution in [0.2, 0.25) is 0 Å². The third-order valence-corrected chi connectivity index (χ3v) is 7.72. The van der Waals surface area contributed by atoms with Gasteiger partial charge in [0.25, 0.3) is 11.6 Å². The molecule has 6 rings (SSSR count). The minimum absolute atomic E-state index is 0. The molecule has 0 unspecified atom stereocenters. The average Bonchev–Trinajstić information content (AvgIpc) is 3.26. The quantitative estimate of drug-likeness (QED) is 0.0310. The van der Waals surface area contributed by atoms with E-state index in [1.54, 1.807) is 86.6 Å². The molecule has 62 heavy (non-hydrogen) atoms. The van der Waals surface area contributed by atoms with Crippen molar-refractivity contribution in [3.8, 4) is 34.5 Å². The summed E-state index contributed by atoms with van der Waals surface area (Å²) in [5.74, 6) is -1.33. The predicted molar refractivity (Wildman–Crippen MR) is 234 cm³/mol. The van der Waals surface area contributed by atoms with Gasteiger partial charge in [0, 0.05) is 28.8 Å². The SMILES string of the molecule is C.CC(=O)c1ccc(Oc2ccccc2)cc1.CCOC(=O)C(=O)C=C(O)c1ccc(Oc2ccccc2)cc1.F.O=C(O)C(=O)C=C(O)c1ccc(Oc2ccccc2)cc1. The fourth-order valence-electron chi connectivity index (χ4n) is 4.76. The lowest BCUT2D eigenvalue weighted by Crippen LogP contribution is -2.15. The van der Waals surface area contributed by atoms with Gasteiger partial charge in [-0.1, -0.05) is 62.0 Å². The van der Waals surface area contributed by atoms with Crippen LogP contribution in [0.3, 0.4) is 0 Å². The van der Waals surface area contributed by atoms with Crippen LogP contribution in [-0.2, 0) is 23.9 Å². The summed E-state index contributed by atoms with van der Waals surface area (Å²) in [7, 11) is 0. The van der Waals surface area contributed by atoms with Crippen molar-refractivity contribution in [1.29, 1.82) is 0 Å². The van der Waals surface area contributed by atoms with Crippen LogP contribution in [0.25, 0.3) is 11.5 Å². The molecule has 0 aliphatic carbocycles. The Hall–Kier alpha value is -8.32. The first-order valence-electron chi connectivity index (χ1n) is 18.2. The van der Waals surface area contributed by atoms with Crippen molar-refractivity contribution >= 4 is 40.8 Å². The Morgan fingerprint density at radius 2 is 0.742 bits per heavy atom. The molecule has 0 saturated heterocycles. The van der Waals surface area contributed by atoms with E-state index in [-0.39, 0.29) is 30.3 Å². The van der Waals surface area contributed by atoms with Crippen LogP contribution in [0.4, 0.5) is 4.70 Å². The van der Waals surface area contributed by atoms with Gasteiger partial charge < -0.3 is 34.3 Å². The van der Waals surface area contributed by atoms with Gasteiger partial charge in [-0.3, -0.25) is 19.1 Å². The summed E-state index contributed by atoms with van der Waals surface area (Å²) < 4.78 is 21.4. The maximum Gasteiger partial charge on any atom is 0.379 e. The topological polar surface area (TPSA) is 183 Å². The minimum Gasteiger partial charge on any atom is -0.507 e. The first-order valence-corrected chi connectivity index (χ1v) is 18.2. The number of Topliss-reactive ketones (excluding diaryl/α,β-unsaturated/α-hetero) is 1. The fraction of sp³-hybridized carbons (Fsp3) is 0.0816. The van der Waals surface area contributed by atoms with E-state index in [9.17, 15) is 34.2 Å². The lowest BCUT2D eigenvalue weighted by molar-refractivity contribution is -0.151. The summed E-state index contributed by atoms with van der Waals surface area (Å²) in [5.41, 5.74) is 1.41. The highest BCUT2D eigenvalue weighted by Gasteiger charge is 2.14. The third kappa shape index (κ3) is 16.9. The van der Waals surface area contributed by atoms with Gasteiger partial charge in [-0.15, -0.1) is 0 Å². The summed E-state index contributed by atoms with van der Waals surface area (Å²) in [5, 5.41) is 28.0. The number of halogens is 1. The Balaban J connectivity index is 0.000000320. The van der Waals surface area contributed by atoms with Crippen molar-refractivity contribution in [2.75, 3.05) is 6.61 Å². The van der Waals surface area contributed by atoms with Crippen LogP contribution < -0.4 is 14.2 Å². The lowest BCUT2D eigenvalue weighted by Gasteiger charge is -2.06. The summed E-state index contributed by atoms with van der Waals surface area (Å²) in [6, 6.07) is 47.8. The zero-order chi connectivity index (χ0) is 43.3. The minimum atomic E-state index is -1.62. The number of ketones is 3. The van der Waals surface area contributed by atoms with Crippen molar-refractivity contribution in [2.45, 2.75) is 21.3 Å². The molecule has 12 nitrogen and oxygen atoms in total. The second-order valence-corrected chi connectivity index (χ2v) is 12.2. The van der Waals surface area contributed by atoms with Gasteiger partial charge in [0.2, 0.25) is 0 Å². The molecule has 0 aliphatic heterocycles. The van der Waals surface area contributed by atoms with Gasteiger partial charge in [0.1, 0.15) is 46.0 Å². The highest BCUT2D eigenvalue weighted by molar-refractivity contribution is 6.39. The van der Waals surface area contributed by atoms with Crippen LogP contribution >= 0.6 is 0 Å². The first-order chi connectivity index (χ1) is 28.9. The van der Waals surface area contributed by atoms with Gasteiger partial charge in [0.05, 0.1) is 6.61 Å². The van der Waals surface area contributed by atoms with Crippen LogP contribution in [0, 0.1) is 0 Å². The molecule has 0 saturated carbocycles. The molecule has 0 bridgehead atoms. The van der Waals surface area contributed by atoms with Crippen molar-refractivity contribution < 1.29 is 62.9 Å². The second-order valence-electron chi connectivity index (χ2n) is 12.2. The van der Waals surface area contributed by atoms with Crippen molar-refractivity contribution in [3.63, 3.8) is 0 Å². The van der Waals surface area contributed by atoms with Crippen molar-refractivity contribution in [3.05, 3.63) is 193 Å². The van der Waals surface area contributed by atoms with Crippen LogP contribution in [0.15, 0.2) is 176 Å². The summed E-state index contributed by atoms with van der Waals surface area (Å²) in [4.78, 5) is 55.2. The van der Waals surface area contributed by atoms with Crippen LogP contribution in [-0.4, -0.2) is 51.2 Å². The molecule has 0 heterocycles. The molecular formula is C49H45FO12. The number of aliphatic carboxylic acids is 1. The lowest BCUT2D eigenvalue weighted by atomic mass is 10.1. The van der Waals surface area contributed by atoms with E-state index in [1.165, 1.54) is 12.1 Å². The Morgan fingerprint density at radius 1 is 0.452 bits per heavy atom. The Bertz CT molecular complexity index is 2400. The van der Waals surface area contributed by atoms with Gasteiger partial charge in [-0.2, -0.15) is 0 Å². The van der Waals surface area contributed by atoms with E-state index in [2.05, 4.69) is 4.74 Å². The molecule has 3 N–H and O–H groups in total. The van der Waals surface area contributed by atoms with Crippen LogP contribution in [0.5, 0.6) is 34.5 Å². The number of rotatable bonds is 14. The molecule has 0 aliphatic rings. The molecule has 6 aromatic rings. The monoisotopic (exact) mass is 844 g/mol. The molecule has 320 valence electrons. The maximum absolute atomic E-state index is 11.5. The van der Waals surface area contributed by atoms with E-state index >= 15 is 0 Å². The fourth-order valence-corrected chi connectivity index (χ4v) is 4.76. The number of benzene rings is 6. The van der Waals surface area contributed by atoms with Gasteiger partial charge in [0.15, 0.2) is 5.78 Å². The molecule has 0 amide bonds. The van der Waals surface area contributed by atoms with E-state index < -0.39 is 29.3 Å².